The van der Waals surface area contributed by atoms with E-state index in [0.29, 0.717) is 6.42 Å². The van der Waals surface area contributed by atoms with Crippen LogP contribution >= 0.6 is 0 Å². The molecule has 0 radical (unpaired) electrons. The van der Waals surface area contributed by atoms with Crippen molar-refractivity contribution in [1.82, 2.24) is 10.6 Å². The molecule has 0 aromatic heterocycles. The normalized spacial score (nSPS) is 10.4. The van der Waals surface area contributed by atoms with Crippen LogP contribution in [0.2, 0.25) is 0 Å². The maximum atomic E-state index is 11.7. The monoisotopic (exact) mass is 298 g/mol. The highest BCUT2D eigenvalue weighted by Crippen LogP contribution is 2.11. The van der Waals surface area contributed by atoms with Crippen LogP contribution in [0.1, 0.15) is 33.3 Å². The van der Waals surface area contributed by atoms with Gasteiger partial charge in [-0.1, -0.05) is 39.8 Å². The SMILES string of the molecule is CC.CC.CNC(Cc1ccc(O)cc1)C(=O)NCCO. The zero-order valence-electron chi connectivity index (χ0n) is 13.8. The fraction of sp³-hybridized carbons (Fsp3) is 0.562. The van der Waals surface area contributed by atoms with Gasteiger partial charge in [-0.05, 0) is 31.2 Å². The molecule has 0 heterocycles. The Morgan fingerprint density at radius 3 is 2.10 bits per heavy atom. The highest BCUT2D eigenvalue weighted by Gasteiger charge is 2.15. The van der Waals surface area contributed by atoms with Crippen LogP contribution in [0.5, 0.6) is 5.75 Å². The first kappa shape index (κ1) is 21.7. The van der Waals surface area contributed by atoms with Gasteiger partial charge in [0.1, 0.15) is 5.75 Å². The molecule has 1 aromatic rings. The van der Waals surface area contributed by atoms with Gasteiger partial charge in [0.2, 0.25) is 5.91 Å². The number of carbonyl (C=O) groups excluding carboxylic acids is 1. The van der Waals surface area contributed by atoms with E-state index in [1.807, 2.05) is 27.7 Å². The van der Waals surface area contributed by atoms with E-state index in [0.717, 1.165) is 5.56 Å². The molecule has 1 rings (SSSR count). The maximum Gasteiger partial charge on any atom is 0.237 e. The molecule has 0 bridgehead atoms. The predicted molar refractivity (Wildman–Crippen MR) is 87.5 cm³/mol. The molecule has 5 heteroatoms. The average molecular weight is 298 g/mol. The molecule has 0 aliphatic rings. The minimum absolute atomic E-state index is 0.0681. The summed E-state index contributed by atoms with van der Waals surface area (Å²) < 4.78 is 0. The van der Waals surface area contributed by atoms with E-state index in [-0.39, 0.29) is 30.9 Å². The number of phenolic OH excluding ortho intramolecular Hbond substituents is 1. The van der Waals surface area contributed by atoms with E-state index < -0.39 is 0 Å². The number of hydrogen-bond acceptors (Lipinski definition) is 4. The second-order valence-corrected chi connectivity index (χ2v) is 3.73. The topological polar surface area (TPSA) is 81.6 Å². The number of aliphatic hydroxyl groups excluding tert-OH is 1. The number of carbonyl (C=O) groups is 1. The number of likely N-dealkylation sites (N-methyl/N-ethyl adjacent to an activating group) is 1. The third-order valence-corrected chi connectivity index (χ3v) is 2.45. The van der Waals surface area contributed by atoms with Crippen LogP contribution in [-0.2, 0) is 11.2 Å². The van der Waals surface area contributed by atoms with Crippen LogP contribution in [0.15, 0.2) is 24.3 Å². The van der Waals surface area contributed by atoms with E-state index in [1.165, 1.54) is 0 Å². The summed E-state index contributed by atoms with van der Waals surface area (Å²) >= 11 is 0. The summed E-state index contributed by atoms with van der Waals surface area (Å²) in [5.74, 6) is 0.0640. The van der Waals surface area contributed by atoms with Crippen LogP contribution in [0.3, 0.4) is 0 Å². The van der Waals surface area contributed by atoms with Crippen LogP contribution in [-0.4, -0.2) is 42.4 Å². The molecular weight excluding hydrogens is 268 g/mol. The molecule has 5 nitrogen and oxygen atoms in total. The Hall–Kier alpha value is -1.59. The smallest absolute Gasteiger partial charge is 0.237 e. The molecule has 1 aromatic carbocycles. The predicted octanol–water partition coefficient (Wildman–Crippen LogP) is 1.68. The second kappa shape index (κ2) is 14.8. The van der Waals surface area contributed by atoms with Crippen molar-refractivity contribution in [3.8, 4) is 5.75 Å². The fourth-order valence-corrected chi connectivity index (χ4v) is 1.50. The Bertz CT molecular complexity index is 353. The van der Waals surface area contributed by atoms with Crippen molar-refractivity contribution in [3.63, 3.8) is 0 Å². The number of hydrogen-bond donors (Lipinski definition) is 4. The second-order valence-electron chi connectivity index (χ2n) is 3.73. The van der Waals surface area contributed by atoms with Gasteiger partial charge in [-0.3, -0.25) is 4.79 Å². The van der Waals surface area contributed by atoms with Gasteiger partial charge in [0, 0.05) is 6.54 Å². The minimum Gasteiger partial charge on any atom is -0.508 e. The number of aliphatic hydroxyl groups is 1. The summed E-state index contributed by atoms with van der Waals surface area (Å²) in [5.41, 5.74) is 0.960. The van der Waals surface area contributed by atoms with Crippen LogP contribution in [0.4, 0.5) is 0 Å². The van der Waals surface area contributed by atoms with Gasteiger partial charge < -0.3 is 20.8 Å². The van der Waals surface area contributed by atoms with Crippen molar-refractivity contribution in [2.45, 2.75) is 40.2 Å². The number of phenols is 1. The Kier molecular flexibility index (Phi) is 15.3. The molecule has 122 valence electrons. The average Bonchev–Trinajstić information content (AvgIpc) is 2.55. The van der Waals surface area contributed by atoms with Crippen molar-refractivity contribution in [3.05, 3.63) is 29.8 Å². The Labute approximate surface area is 128 Å². The van der Waals surface area contributed by atoms with Crippen molar-refractivity contribution in [2.24, 2.45) is 0 Å². The first-order valence-corrected chi connectivity index (χ1v) is 7.51. The van der Waals surface area contributed by atoms with Crippen molar-refractivity contribution < 1.29 is 15.0 Å². The molecule has 0 saturated carbocycles. The van der Waals surface area contributed by atoms with Crippen molar-refractivity contribution >= 4 is 5.91 Å². The third-order valence-electron chi connectivity index (χ3n) is 2.45. The van der Waals surface area contributed by atoms with Crippen LogP contribution < -0.4 is 10.6 Å². The standard InChI is InChI=1S/C12H18N2O3.2C2H6/c1-13-11(12(17)14-6-7-15)8-9-2-4-10(16)5-3-9;2*1-2/h2-5,11,13,15-16H,6-8H2,1H3,(H,14,17);2*1-2H3. The zero-order chi connectivity index (χ0) is 16.7. The quantitative estimate of drug-likeness (QED) is 0.644. The third kappa shape index (κ3) is 9.87. The highest BCUT2D eigenvalue weighted by molar-refractivity contribution is 5.82. The minimum atomic E-state index is -0.342. The van der Waals surface area contributed by atoms with Gasteiger partial charge in [-0.2, -0.15) is 0 Å². The summed E-state index contributed by atoms with van der Waals surface area (Å²) in [7, 11) is 1.71. The fourth-order valence-electron chi connectivity index (χ4n) is 1.50. The van der Waals surface area contributed by atoms with Crippen LogP contribution in [0, 0.1) is 0 Å². The summed E-state index contributed by atoms with van der Waals surface area (Å²) in [6, 6.07) is 6.39. The van der Waals surface area contributed by atoms with Gasteiger partial charge >= 0.3 is 0 Å². The number of amides is 1. The van der Waals surface area contributed by atoms with Gasteiger partial charge in [0.05, 0.1) is 12.6 Å². The summed E-state index contributed by atoms with van der Waals surface area (Å²) in [5, 5.41) is 23.3. The largest absolute Gasteiger partial charge is 0.508 e. The van der Waals surface area contributed by atoms with Crippen LogP contribution in [0.25, 0.3) is 0 Å². The Balaban J connectivity index is 0. The molecule has 1 atom stereocenters. The molecule has 0 spiro atoms. The molecule has 0 saturated heterocycles. The van der Waals surface area contributed by atoms with Gasteiger partial charge in [0.25, 0.3) is 0 Å². The number of benzene rings is 1. The lowest BCUT2D eigenvalue weighted by Gasteiger charge is -2.15. The summed E-state index contributed by atoms with van der Waals surface area (Å²) in [6.45, 7) is 8.19. The lowest BCUT2D eigenvalue weighted by Crippen LogP contribution is -2.44. The summed E-state index contributed by atoms with van der Waals surface area (Å²) in [4.78, 5) is 11.7. The van der Waals surface area contributed by atoms with Crippen molar-refractivity contribution in [1.29, 1.82) is 0 Å². The molecule has 0 aliphatic heterocycles. The molecule has 0 fully saturated rings. The molecule has 0 aliphatic carbocycles. The highest BCUT2D eigenvalue weighted by atomic mass is 16.3. The number of rotatable bonds is 6. The number of nitrogens with one attached hydrogen (secondary N) is 2. The number of aromatic hydroxyl groups is 1. The zero-order valence-corrected chi connectivity index (χ0v) is 13.8. The lowest BCUT2D eigenvalue weighted by molar-refractivity contribution is -0.123. The van der Waals surface area contributed by atoms with Crippen molar-refractivity contribution in [2.75, 3.05) is 20.2 Å². The molecule has 1 amide bonds. The van der Waals surface area contributed by atoms with E-state index >= 15 is 0 Å². The van der Waals surface area contributed by atoms with Gasteiger partial charge in [-0.15, -0.1) is 0 Å². The van der Waals surface area contributed by atoms with E-state index in [1.54, 1.807) is 31.3 Å². The van der Waals surface area contributed by atoms with E-state index in [4.69, 9.17) is 10.2 Å². The first-order valence-electron chi connectivity index (χ1n) is 7.51. The first-order chi connectivity index (χ1) is 10.2. The lowest BCUT2D eigenvalue weighted by atomic mass is 10.1. The maximum absolute atomic E-state index is 11.7. The van der Waals surface area contributed by atoms with E-state index in [9.17, 15) is 4.79 Å². The van der Waals surface area contributed by atoms with Gasteiger partial charge in [-0.25, -0.2) is 0 Å². The molecule has 4 N–H and O–H groups in total. The summed E-state index contributed by atoms with van der Waals surface area (Å²) in [6.07, 6.45) is 0.536. The molecule has 1 unspecified atom stereocenters. The Morgan fingerprint density at radius 1 is 1.14 bits per heavy atom. The van der Waals surface area contributed by atoms with Gasteiger partial charge in [0.15, 0.2) is 0 Å². The molecule has 21 heavy (non-hydrogen) atoms. The Morgan fingerprint density at radius 2 is 1.67 bits per heavy atom. The van der Waals surface area contributed by atoms with E-state index in [2.05, 4.69) is 10.6 Å². The molecular formula is C16H30N2O3.